The predicted molar refractivity (Wildman–Crippen MR) is 101 cm³/mol. The van der Waals surface area contributed by atoms with Crippen molar-refractivity contribution in [3.8, 4) is 11.5 Å². The van der Waals surface area contributed by atoms with E-state index in [1.165, 1.54) is 25.3 Å². The Morgan fingerprint density at radius 1 is 1.26 bits per heavy atom. The molecule has 1 aromatic heterocycles. The summed E-state index contributed by atoms with van der Waals surface area (Å²) in [5.74, 6) is 0.214. The summed E-state index contributed by atoms with van der Waals surface area (Å²) < 4.78 is 28.7. The molecule has 0 saturated heterocycles. The Morgan fingerprint density at radius 3 is 2.59 bits per heavy atom. The Balaban J connectivity index is 1.71. The normalized spacial score (nSPS) is 11.5. The molecule has 8 nitrogen and oxygen atoms in total. The third kappa shape index (κ3) is 4.03. The molecule has 27 heavy (non-hydrogen) atoms. The van der Waals surface area contributed by atoms with Crippen molar-refractivity contribution in [1.82, 2.24) is 9.97 Å². The van der Waals surface area contributed by atoms with E-state index in [0.717, 1.165) is 0 Å². The number of H-pyrrole nitrogens is 1. The zero-order valence-corrected chi connectivity index (χ0v) is 15.6. The van der Waals surface area contributed by atoms with Gasteiger partial charge in [-0.2, -0.15) is 0 Å². The van der Waals surface area contributed by atoms with E-state index in [4.69, 9.17) is 4.74 Å². The Kier molecular flexibility index (Phi) is 5.04. The van der Waals surface area contributed by atoms with Gasteiger partial charge >= 0.3 is 0 Å². The number of carbonyl (C=O) groups excluding carboxylic acids is 1. The summed E-state index contributed by atoms with van der Waals surface area (Å²) in [7, 11) is -1.82. The fourth-order valence-corrected chi connectivity index (χ4v) is 3.48. The van der Waals surface area contributed by atoms with Gasteiger partial charge in [0.2, 0.25) is 11.9 Å². The first-order valence-corrected chi connectivity index (χ1v) is 9.86. The summed E-state index contributed by atoms with van der Waals surface area (Å²) >= 11 is 0. The molecule has 0 aliphatic heterocycles. The lowest BCUT2D eigenvalue weighted by Crippen LogP contribution is -2.15. The number of methoxy groups -OCH3 is 1. The van der Waals surface area contributed by atoms with Crippen LogP contribution in [0.4, 0.5) is 5.95 Å². The van der Waals surface area contributed by atoms with Crippen LogP contribution in [0.2, 0.25) is 0 Å². The molecule has 0 fully saturated rings. The highest BCUT2D eigenvalue weighted by molar-refractivity contribution is 7.91. The lowest BCUT2D eigenvalue weighted by atomic mass is 10.1. The maximum atomic E-state index is 12.2. The van der Waals surface area contributed by atoms with E-state index < -0.39 is 9.84 Å². The van der Waals surface area contributed by atoms with Gasteiger partial charge in [-0.05, 0) is 17.7 Å². The van der Waals surface area contributed by atoms with E-state index in [1.807, 2.05) is 0 Å². The molecule has 3 aromatic rings. The van der Waals surface area contributed by atoms with Crippen molar-refractivity contribution in [2.24, 2.45) is 0 Å². The van der Waals surface area contributed by atoms with Gasteiger partial charge < -0.3 is 14.8 Å². The van der Waals surface area contributed by atoms with Crippen LogP contribution < -0.4 is 10.1 Å². The summed E-state index contributed by atoms with van der Waals surface area (Å²) in [6.45, 7) is 1.58. The van der Waals surface area contributed by atoms with Gasteiger partial charge in [0.25, 0.3) is 0 Å². The first-order chi connectivity index (χ1) is 12.8. The fraction of sp³-hybridized carbons (Fsp3) is 0.222. The number of phenolic OH excluding ortho intramolecular Hbond substituents is 1. The van der Waals surface area contributed by atoms with E-state index in [-0.39, 0.29) is 40.4 Å². The third-order valence-electron chi connectivity index (χ3n) is 4.07. The number of benzene rings is 2. The molecule has 1 amide bonds. The molecule has 3 rings (SSSR count). The number of aromatic nitrogens is 2. The minimum atomic E-state index is -3.26. The fourth-order valence-electron chi connectivity index (χ4n) is 2.59. The van der Waals surface area contributed by atoms with E-state index in [0.29, 0.717) is 16.6 Å². The highest BCUT2D eigenvalue weighted by Crippen LogP contribution is 2.30. The number of nitrogens with zero attached hydrogens (tertiary/aromatic N) is 1. The number of aromatic hydroxyl groups is 1. The zero-order valence-electron chi connectivity index (χ0n) is 14.8. The number of nitrogens with one attached hydrogen (secondary N) is 2. The molecule has 1 heterocycles. The van der Waals surface area contributed by atoms with Crippen LogP contribution in [-0.4, -0.2) is 42.3 Å². The van der Waals surface area contributed by atoms with Crippen LogP contribution in [0.1, 0.15) is 12.5 Å². The minimum Gasteiger partial charge on any atom is -0.504 e. The van der Waals surface area contributed by atoms with Crippen molar-refractivity contribution in [1.29, 1.82) is 0 Å². The lowest BCUT2D eigenvalue weighted by Gasteiger charge is -2.04. The molecule has 0 aliphatic rings. The molecule has 3 N–H and O–H groups in total. The van der Waals surface area contributed by atoms with Gasteiger partial charge in [0, 0.05) is 12.1 Å². The lowest BCUT2D eigenvalue weighted by molar-refractivity contribution is -0.115. The number of hydrogen-bond acceptors (Lipinski definition) is 6. The second kappa shape index (κ2) is 7.28. The smallest absolute Gasteiger partial charge is 0.231 e. The van der Waals surface area contributed by atoms with E-state index in [1.54, 1.807) is 25.1 Å². The van der Waals surface area contributed by atoms with Crippen LogP contribution >= 0.6 is 0 Å². The number of sulfone groups is 1. The molecule has 9 heteroatoms. The topological polar surface area (TPSA) is 121 Å². The zero-order chi connectivity index (χ0) is 19.6. The number of aromatic amines is 1. The second-order valence-corrected chi connectivity index (χ2v) is 8.18. The van der Waals surface area contributed by atoms with Crippen LogP contribution in [0.15, 0.2) is 41.3 Å². The number of carbonyl (C=O) groups is 1. The first kappa shape index (κ1) is 18.7. The van der Waals surface area contributed by atoms with Gasteiger partial charge in [0.1, 0.15) is 0 Å². The molecule has 0 saturated carbocycles. The Labute approximate surface area is 156 Å². The first-order valence-electron chi connectivity index (χ1n) is 8.20. The van der Waals surface area contributed by atoms with E-state index >= 15 is 0 Å². The maximum absolute atomic E-state index is 12.2. The van der Waals surface area contributed by atoms with Gasteiger partial charge in [0.15, 0.2) is 21.3 Å². The highest BCUT2D eigenvalue weighted by atomic mass is 32.2. The maximum Gasteiger partial charge on any atom is 0.231 e. The number of amides is 1. The van der Waals surface area contributed by atoms with Crippen LogP contribution in [0.3, 0.4) is 0 Å². The molecule has 0 aliphatic carbocycles. The molecule has 0 radical (unpaired) electrons. The number of fused-ring (bicyclic) bond motifs is 1. The van der Waals surface area contributed by atoms with Crippen molar-refractivity contribution in [2.45, 2.75) is 18.2 Å². The van der Waals surface area contributed by atoms with Gasteiger partial charge in [0.05, 0.1) is 35.2 Å². The Hall–Kier alpha value is -3.07. The molecule has 0 bridgehead atoms. The summed E-state index contributed by atoms with van der Waals surface area (Å²) in [5.41, 5.74) is 1.77. The second-order valence-electron chi connectivity index (χ2n) is 5.90. The van der Waals surface area contributed by atoms with Crippen molar-refractivity contribution >= 4 is 32.7 Å². The predicted octanol–water partition coefficient (Wildman–Crippen LogP) is 2.25. The van der Waals surface area contributed by atoms with Gasteiger partial charge in [-0.3, -0.25) is 10.1 Å². The Morgan fingerprint density at radius 2 is 1.96 bits per heavy atom. The number of imidazole rings is 1. The monoisotopic (exact) mass is 389 g/mol. The molecule has 0 atom stereocenters. The van der Waals surface area contributed by atoms with E-state index in [2.05, 4.69) is 15.3 Å². The molecule has 142 valence electrons. The largest absolute Gasteiger partial charge is 0.504 e. The number of hydrogen-bond donors (Lipinski definition) is 3. The molecule has 0 unspecified atom stereocenters. The van der Waals surface area contributed by atoms with Gasteiger partial charge in [-0.25, -0.2) is 13.4 Å². The summed E-state index contributed by atoms with van der Waals surface area (Å²) in [6, 6.07) is 9.25. The quantitative estimate of drug-likeness (QED) is 0.594. The summed E-state index contributed by atoms with van der Waals surface area (Å²) in [5, 5.41) is 12.4. The minimum absolute atomic E-state index is 0.0270. The van der Waals surface area contributed by atoms with Crippen LogP contribution in [0, 0.1) is 0 Å². The van der Waals surface area contributed by atoms with Crippen molar-refractivity contribution in [2.75, 3.05) is 18.2 Å². The van der Waals surface area contributed by atoms with Gasteiger partial charge in [-0.1, -0.05) is 19.1 Å². The van der Waals surface area contributed by atoms with Crippen LogP contribution in [0.5, 0.6) is 11.5 Å². The summed E-state index contributed by atoms with van der Waals surface area (Å²) in [6.07, 6.45) is 0.0675. The van der Waals surface area contributed by atoms with Crippen LogP contribution in [-0.2, 0) is 21.1 Å². The average molecular weight is 389 g/mol. The van der Waals surface area contributed by atoms with Gasteiger partial charge in [-0.15, -0.1) is 0 Å². The average Bonchev–Trinajstić information content (AvgIpc) is 3.02. The Bertz CT molecular complexity index is 1090. The molecule has 2 aromatic carbocycles. The van der Waals surface area contributed by atoms with Crippen molar-refractivity contribution in [3.05, 3.63) is 42.0 Å². The summed E-state index contributed by atoms with van der Waals surface area (Å²) in [4.78, 5) is 19.6. The standard InChI is InChI=1S/C18H19N3O5S/c1-3-27(24,25)12-6-4-11(5-7-12)8-17(23)21-18-19-13-9-15(22)16(26-2)10-14(13)20-18/h4-7,9-10,22H,3,8H2,1-2H3,(H2,19,20,21,23). The molecule has 0 spiro atoms. The van der Waals surface area contributed by atoms with Crippen molar-refractivity contribution < 1.29 is 23.1 Å². The van der Waals surface area contributed by atoms with E-state index in [9.17, 15) is 18.3 Å². The van der Waals surface area contributed by atoms with Crippen molar-refractivity contribution in [3.63, 3.8) is 0 Å². The molecular weight excluding hydrogens is 370 g/mol. The SMILES string of the molecule is CCS(=O)(=O)c1ccc(CC(=O)Nc2nc3cc(OC)c(O)cc3[nH]2)cc1. The molecular formula is C18H19N3O5S. The third-order valence-corrected chi connectivity index (χ3v) is 5.82. The number of rotatable bonds is 6. The van der Waals surface area contributed by atoms with Crippen LogP contribution in [0.25, 0.3) is 11.0 Å². The number of ether oxygens (including phenoxy) is 1. The number of phenols is 1. The number of anilines is 1. The highest BCUT2D eigenvalue weighted by Gasteiger charge is 2.13.